The van der Waals surface area contributed by atoms with Gasteiger partial charge in [0.25, 0.3) is 0 Å². The van der Waals surface area contributed by atoms with E-state index >= 15 is 0 Å². The highest BCUT2D eigenvalue weighted by molar-refractivity contribution is 8.20. The van der Waals surface area contributed by atoms with E-state index in [1.807, 2.05) is 23.5 Å². The van der Waals surface area contributed by atoms with Crippen LogP contribution in [0.3, 0.4) is 0 Å². The third kappa shape index (κ3) is 1.36. The molecule has 0 saturated heterocycles. The average Bonchev–Trinajstić information content (AvgIpc) is 2.99. The van der Waals surface area contributed by atoms with Crippen LogP contribution in [-0.4, -0.2) is 0 Å². The van der Waals surface area contributed by atoms with Crippen LogP contribution in [0.2, 0.25) is 0 Å². The smallest absolute Gasteiger partial charge is 0.1000 e. The highest BCUT2D eigenvalue weighted by atomic mass is 32.2. The molecule has 3 aromatic carbocycles. The second kappa shape index (κ2) is 3.84. The van der Waals surface area contributed by atoms with Gasteiger partial charge in [-0.25, -0.2) is 0 Å². The standard InChI is InChI=1S/C18H12S2/c1-2-10-16-15(9-1)19-18(20-16)11-13-7-3-5-12-6-4-8-14(18)17(12)13/h1-10H,11H2. The molecule has 0 aromatic heterocycles. The Bertz CT molecular complexity index is 821. The Labute approximate surface area is 126 Å². The van der Waals surface area contributed by atoms with Gasteiger partial charge >= 0.3 is 0 Å². The summed E-state index contributed by atoms with van der Waals surface area (Å²) in [6.45, 7) is 0. The van der Waals surface area contributed by atoms with Gasteiger partial charge in [0, 0.05) is 16.2 Å². The molecule has 0 unspecified atom stereocenters. The van der Waals surface area contributed by atoms with Crippen LogP contribution >= 0.6 is 23.5 Å². The van der Waals surface area contributed by atoms with Gasteiger partial charge in [-0.05, 0) is 34.0 Å². The normalized spacial score (nSPS) is 17.8. The first kappa shape index (κ1) is 11.3. The van der Waals surface area contributed by atoms with E-state index in [0.717, 1.165) is 6.42 Å². The van der Waals surface area contributed by atoms with Crippen LogP contribution in [0.25, 0.3) is 10.8 Å². The summed E-state index contributed by atoms with van der Waals surface area (Å²) >= 11 is 4.08. The van der Waals surface area contributed by atoms with E-state index in [1.165, 1.54) is 31.7 Å². The van der Waals surface area contributed by atoms with E-state index in [0.29, 0.717) is 0 Å². The summed E-state index contributed by atoms with van der Waals surface area (Å²) in [6.07, 6.45) is 1.13. The zero-order chi connectivity index (χ0) is 13.2. The molecule has 5 rings (SSSR count). The molecule has 0 nitrogen and oxygen atoms in total. The molecule has 96 valence electrons. The average molecular weight is 292 g/mol. The maximum atomic E-state index is 2.32. The van der Waals surface area contributed by atoms with Crippen LogP contribution in [0.15, 0.2) is 70.5 Å². The largest absolute Gasteiger partial charge is 0.101 e. The SMILES string of the molecule is c1ccc2c(c1)SC1(Cc3cccc4cccc1c34)S2. The van der Waals surface area contributed by atoms with E-state index in [4.69, 9.17) is 0 Å². The Kier molecular flexibility index (Phi) is 2.17. The Morgan fingerprint density at radius 1 is 0.750 bits per heavy atom. The van der Waals surface area contributed by atoms with Crippen LogP contribution in [0, 0.1) is 0 Å². The monoisotopic (exact) mass is 292 g/mol. The third-order valence-electron chi connectivity index (χ3n) is 4.22. The molecule has 0 saturated carbocycles. The minimum atomic E-state index is 0.160. The predicted octanol–water partition coefficient (Wildman–Crippen LogP) is 5.45. The molecule has 0 N–H and O–H groups in total. The van der Waals surface area contributed by atoms with E-state index in [1.54, 1.807) is 0 Å². The van der Waals surface area contributed by atoms with Crippen LogP contribution in [0.4, 0.5) is 0 Å². The summed E-state index contributed by atoms with van der Waals surface area (Å²) in [7, 11) is 0. The molecule has 1 aliphatic carbocycles. The fourth-order valence-corrected chi connectivity index (χ4v) is 6.72. The Morgan fingerprint density at radius 2 is 1.45 bits per heavy atom. The van der Waals surface area contributed by atoms with Crippen molar-refractivity contribution in [2.24, 2.45) is 0 Å². The number of fused-ring (bicyclic) bond motifs is 2. The third-order valence-corrected chi connectivity index (χ3v) is 7.39. The summed E-state index contributed by atoms with van der Waals surface area (Å²) in [5.41, 5.74) is 3.02. The fraction of sp³-hybridized carbons (Fsp3) is 0.111. The van der Waals surface area contributed by atoms with Gasteiger partial charge < -0.3 is 0 Å². The van der Waals surface area contributed by atoms with Crippen molar-refractivity contribution in [1.82, 2.24) is 0 Å². The molecule has 0 atom stereocenters. The van der Waals surface area contributed by atoms with Crippen molar-refractivity contribution in [2.75, 3.05) is 0 Å². The highest BCUT2D eigenvalue weighted by Crippen LogP contribution is 2.66. The minimum absolute atomic E-state index is 0.160. The van der Waals surface area contributed by atoms with Gasteiger partial charge in [-0.1, -0.05) is 48.5 Å². The molecule has 2 aliphatic rings. The number of hydrogen-bond donors (Lipinski definition) is 0. The van der Waals surface area contributed by atoms with E-state index in [2.05, 4.69) is 60.7 Å². The molecule has 0 radical (unpaired) electrons. The van der Waals surface area contributed by atoms with Gasteiger partial charge in [0.2, 0.25) is 0 Å². The molecule has 3 aromatic rings. The predicted molar refractivity (Wildman–Crippen MR) is 87.5 cm³/mol. The lowest BCUT2D eigenvalue weighted by Crippen LogP contribution is -2.12. The van der Waals surface area contributed by atoms with Crippen LogP contribution < -0.4 is 0 Å². The van der Waals surface area contributed by atoms with Crippen molar-refractivity contribution < 1.29 is 0 Å². The molecule has 2 heteroatoms. The molecule has 0 fully saturated rings. The van der Waals surface area contributed by atoms with Crippen molar-refractivity contribution in [1.29, 1.82) is 0 Å². The fourth-order valence-electron chi connectivity index (χ4n) is 3.41. The highest BCUT2D eigenvalue weighted by Gasteiger charge is 2.45. The molecular formula is C18H12S2. The summed E-state index contributed by atoms with van der Waals surface area (Å²) in [4.78, 5) is 2.87. The topological polar surface area (TPSA) is 0 Å². The van der Waals surface area contributed by atoms with Gasteiger partial charge in [0.1, 0.15) is 0 Å². The zero-order valence-electron chi connectivity index (χ0n) is 10.8. The Balaban J connectivity index is 1.77. The molecule has 1 spiro atoms. The van der Waals surface area contributed by atoms with Crippen molar-refractivity contribution in [2.45, 2.75) is 20.3 Å². The first-order chi connectivity index (χ1) is 9.86. The van der Waals surface area contributed by atoms with E-state index < -0.39 is 0 Å². The van der Waals surface area contributed by atoms with Gasteiger partial charge in [0.05, 0.1) is 4.08 Å². The number of benzene rings is 3. The molecule has 0 bridgehead atoms. The lowest BCUT2D eigenvalue weighted by molar-refractivity contribution is 0.925. The summed E-state index contributed by atoms with van der Waals surface area (Å²) in [6, 6.07) is 22.3. The van der Waals surface area contributed by atoms with Crippen LogP contribution in [0.1, 0.15) is 11.1 Å². The van der Waals surface area contributed by atoms with Crippen LogP contribution in [0.5, 0.6) is 0 Å². The lowest BCUT2D eigenvalue weighted by Gasteiger charge is -2.22. The van der Waals surface area contributed by atoms with Gasteiger partial charge in [-0.2, -0.15) is 0 Å². The summed E-state index contributed by atoms with van der Waals surface area (Å²) in [5.74, 6) is 0. The zero-order valence-corrected chi connectivity index (χ0v) is 12.4. The number of hydrogen-bond acceptors (Lipinski definition) is 2. The van der Waals surface area contributed by atoms with Crippen molar-refractivity contribution in [3.63, 3.8) is 0 Å². The van der Waals surface area contributed by atoms with Crippen molar-refractivity contribution in [3.8, 4) is 0 Å². The molecule has 1 aliphatic heterocycles. The van der Waals surface area contributed by atoms with E-state index in [-0.39, 0.29) is 4.08 Å². The van der Waals surface area contributed by atoms with Gasteiger partial charge in [-0.15, -0.1) is 23.5 Å². The summed E-state index contributed by atoms with van der Waals surface area (Å²) < 4.78 is 0.160. The van der Waals surface area contributed by atoms with Gasteiger partial charge in [-0.3, -0.25) is 0 Å². The first-order valence-corrected chi connectivity index (χ1v) is 8.47. The Hall–Kier alpha value is -1.38. The maximum Gasteiger partial charge on any atom is 0.1000 e. The second-order valence-electron chi connectivity index (χ2n) is 5.40. The summed E-state index contributed by atoms with van der Waals surface area (Å²) in [5, 5.41) is 2.87. The molecular weight excluding hydrogens is 280 g/mol. The molecule has 20 heavy (non-hydrogen) atoms. The minimum Gasteiger partial charge on any atom is -0.101 e. The number of thioether (sulfide) groups is 2. The van der Waals surface area contributed by atoms with Gasteiger partial charge in [0.15, 0.2) is 0 Å². The Morgan fingerprint density at radius 3 is 2.20 bits per heavy atom. The van der Waals surface area contributed by atoms with Crippen molar-refractivity contribution in [3.05, 3.63) is 71.8 Å². The second-order valence-corrected chi connectivity index (χ2v) is 8.34. The van der Waals surface area contributed by atoms with Crippen molar-refractivity contribution >= 4 is 34.3 Å². The number of rotatable bonds is 0. The quantitative estimate of drug-likeness (QED) is 0.540. The first-order valence-electron chi connectivity index (χ1n) is 6.84. The van der Waals surface area contributed by atoms with Crippen LogP contribution in [-0.2, 0) is 10.5 Å². The maximum absolute atomic E-state index is 2.32. The molecule has 1 heterocycles. The molecule has 0 amide bonds. The van der Waals surface area contributed by atoms with E-state index in [9.17, 15) is 0 Å². The lowest BCUT2D eigenvalue weighted by atomic mass is 10.1.